The standard InChI is InChI=1S/C22H18N4O5S/c1-30-21(28)17-15(23)14(9-12-5-3-7-24-10-12)16-19(22(29)31-2)32-18(20(27)26(16)17)13-6-4-8-25-11-13/h3-11,18H,23H2,1-2H3/b14-9+/t18-/m1/s1. The van der Waals surface area contributed by atoms with E-state index in [1.807, 2.05) is 0 Å². The maximum atomic E-state index is 13.6. The summed E-state index contributed by atoms with van der Waals surface area (Å²) in [4.78, 5) is 47.3. The van der Waals surface area contributed by atoms with Gasteiger partial charge in [-0.05, 0) is 29.3 Å². The van der Waals surface area contributed by atoms with Crippen molar-refractivity contribution in [2.75, 3.05) is 20.0 Å². The summed E-state index contributed by atoms with van der Waals surface area (Å²) in [6, 6.07) is 6.91. The maximum Gasteiger partial charge on any atom is 0.357 e. The summed E-state index contributed by atoms with van der Waals surface area (Å²) in [5.41, 5.74) is 7.44. The molecule has 0 radical (unpaired) electrons. The van der Waals surface area contributed by atoms with Crippen LogP contribution in [0.15, 0.2) is 49.1 Å². The van der Waals surface area contributed by atoms with Crippen molar-refractivity contribution in [3.05, 3.63) is 76.4 Å². The van der Waals surface area contributed by atoms with Crippen molar-refractivity contribution in [1.82, 2.24) is 14.5 Å². The summed E-state index contributed by atoms with van der Waals surface area (Å²) < 4.78 is 11.0. The first-order chi connectivity index (χ1) is 15.5. The Morgan fingerprint density at radius 1 is 1.09 bits per heavy atom. The number of methoxy groups -OCH3 is 2. The Hall–Kier alpha value is -3.92. The Kier molecular flexibility index (Phi) is 5.78. The molecule has 0 saturated heterocycles. The molecule has 1 aliphatic rings. The molecule has 9 nitrogen and oxygen atoms in total. The van der Waals surface area contributed by atoms with Gasteiger partial charge in [0, 0.05) is 30.0 Å². The maximum absolute atomic E-state index is 13.6. The Morgan fingerprint density at radius 3 is 2.38 bits per heavy atom. The van der Waals surface area contributed by atoms with Gasteiger partial charge in [-0.15, -0.1) is 0 Å². The molecule has 4 heterocycles. The molecule has 0 amide bonds. The van der Waals surface area contributed by atoms with Crippen LogP contribution < -0.4 is 16.3 Å². The van der Waals surface area contributed by atoms with Gasteiger partial charge >= 0.3 is 11.9 Å². The van der Waals surface area contributed by atoms with Gasteiger partial charge in [0.05, 0.1) is 25.3 Å². The number of anilines is 1. The van der Waals surface area contributed by atoms with Crippen LogP contribution in [0, 0.1) is 0 Å². The number of carbonyl (C=O) groups excluding carboxylic acids is 3. The number of pyridine rings is 2. The summed E-state index contributed by atoms with van der Waals surface area (Å²) in [6.45, 7) is 0. The normalized spacial score (nSPS) is 15.9. The number of carbonyl (C=O) groups is 3. The molecule has 3 aromatic heterocycles. The Bertz CT molecular complexity index is 1340. The smallest absolute Gasteiger partial charge is 0.357 e. The van der Waals surface area contributed by atoms with Crippen LogP contribution >= 0.6 is 11.8 Å². The van der Waals surface area contributed by atoms with E-state index in [1.165, 1.54) is 20.4 Å². The molecule has 0 saturated carbocycles. The molecule has 0 fully saturated rings. The third-order valence-corrected chi connectivity index (χ3v) is 6.18. The molecule has 162 valence electrons. The number of esters is 2. The lowest BCUT2D eigenvalue weighted by Gasteiger charge is -2.23. The number of nitrogen functional groups attached to an aromatic ring is 1. The number of nitrogens with zero attached hydrogens (tertiary/aromatic N) is 3. The third kappa shape index (κ3) is 3.54. The zero-order valence-corrected chi connectivity index (χ0v) is 18.0. The van der Waals surface area contributed by atoms with Gasteiger partial charge in [0.1, 0.15) is 10.2 Å². The number of thioether (sulfide) groups is 1. The van der Waals surface area contributed by atoms with Crippen molar-refractivity contribution >= 4 is 46.3 Å². The number of fused-ring (bicyclic) bond motifs is 1. The van der Waals surface area contributed by atoms with Crippen molar-refractivity contribution in [2.24, 2.45) is 0 Å². The summed E-state index contributed by atoms with van der Waals surface area (Å²) in [5, 5.41) is -0.343. The predicted octanol–water partition coefficient (Wildman–Crippen LogP) is 0.885. The Labute approximate surface area is 186 Å². The van der Waals surface area contributed by atoms with Crippen LogP contribution in [0.1, 0.15) is 31.7 Å². The van der Waals surface area contributed by atoms with E-state index in [0.717, 1.165) is 16.3 Å². The molecular formula is C22H18N4O5S. The number of hydrogen-bond donors (Lipinski definition) is 1. The number of aromatic nitrogens is 3. The average molecular weight is 450 g/mol. The van der Waals surface area contributed by atoms with E-state index < -0.39 is 23.1 Å². The van der Waals surface area contributed by atoms with Crippen LogP contribution in [0.3, 0.4) is 0 Å². The van der Waals surface area contributed by atoms with Crippen molar-refractivity contribution in [1.29, 1.82) is 0 Å². The highest BCUT2D eigenvalue weighted by Gasteiger charge is 2.38. The van der Waals surface area contributed by atoms with Crippen molar-refractivity contribution in [3.63, 3.8) is 0 Å². The van der Waals surface area contributed by atoms with E-state index in [9.17, 15) is 14.4 Å². The van der Waals surface area contributed by atoms with Crippen molar-refractivity contribution < 1.29 is 23.9 Å². The lowest BCUT2D eigenvalue weighted by atomic mass is 10.2. The first kappa shape index (κ1) is 21.3. The fraction of sp³-hybridized carbons (Fsp3) is 0.136. The summed E-state index contributed by atoms with van der Waals surface area (Å²) >= 11 is 1.02. The van der Waals surface area contributed by atoms with Gasteiger partial charge in [0.25, 0.3) is 0 Å². The van der Waals surface area contributed by atoms with Gasteiger partial charge in [0.2, 0.25) is 5.91 Å². The molecule has 1 atom stereocenters. The number of ether oxygens (including phenoxy) is 2. The molecule has 0 spiro atoms. The average Bonchev–Trinajstić information content (AvgIpc) is 3.12. The summed E-state index contributed by atoms with van der Waals surface area (Å²) in [7, 11) is 2.44. The van der Waals surface area contributed by atoms with Gasteiger partial charge in [-0.1, -0.05) is 23.9 Å². The summed E-state index contributed by atoms with van der Waals surface area (Å²) in [6.07, 6.45) is 7.96. The second-order valence-corrected chi connectivity index (χ2v) is 7.84. The van der Waals surface area contributed by atoms with Crippen molar-refractivity contribution in [2.45, 2.75) is 5.25 Å². The van der Waals surface area contributed by atoms with E-state index in [1.54, 1.807) is 48.9 Å². The monoisotopic (exact) mass is 450 g/mol. The highest BCUT2D eigenvalue weighted by Crippen LogP contribution is 2.39. The Morgan fingerprint density at radius 2 is 1.78 bits per heavy atom. The van der Waals surface area contributed by atoms with Crippen LogP contribution in [0.2, 0.25) is 0 Å². The lowest BCUT2D eigenvalue weighted by molar-refractivity contribution is -0.133. The van der Waals surface area contributed by atoms with Gasteiger partial charge in [0.15, 0.2) is 5.69 Å². The van der Waals surface area contributed by atoms with Gasteiger partial charge in [-0.2, -0.15) is 0 Å². The van der Waals surface area contributed by atoms with Crippen LogP contribution in [-0.4, -0.2) is 46.6 Å². The topological polar surface area (TPSA) is 126 Å². The molecule has 0 bridgehead atoms. The predicted molar refractivity (Wildman–Crippen MR) is 118 cm³/mol. The third-order valence-electron chi connectivity index (χ3n) is 4.88. The fourth-order valence-corrected chi connectivity index (χ4v) is 4.65. The molecule has 32 heavy (non-hydrogen) atoms. The largest absolute Gasteiger partial charge is 0.465 e. The highest BCUT2D eigenvalue weighted by molar-refractivity contribution is 8.10. The zero-order chi connectivity index (χ0) is 22.8. The van der Waals surface area contributed by atoms with Crippen LogP contribution in [0.5, 0.6) is 0 Å². The lowest BCUT2D eigenvalue weighted by Crippen LogP contribution is -2.42. The molecule has 3 aromatic rings. The molecular weight excluding hydrogens is 432 g/mol. The van der Waals surface area contributed by atoms with E-state index in [-0.39, 0.29) is 21.6 Å². The van der Waals surface area contributed by atoms with Crippen LogP contribution in [0.4, 0.5) is 5.69 Å². The quantitative estimate of drug-likeness (QED) is 0.577. The van der Waals surface area contributed by atoms with Crippen LogP contribution in [0.25, 0.3) is 11.0 Å². The Balaban J connectivity index is 2.12. The second kappa shape index (κ2) is 8.67. The minimum absolute atomic E-state index is 0.0119. The van der Waals surface area contributed by atoms with E-state index in [2.05, 4.69) is 9.97 Å². The van der Waals surface area contributed by atoms with Crippen molar-refractivity contribution in [3.8, 4) is 0 Å². The second-order valence-electron chi connectivity index (χ2n) is 6.73. The number of nitrogens with two attached hydrogens (primary N) is 1. The van der Waals surface area contributed by atoms with E-state index in [0.29, 0.717) is 16.3 Å². The highest BCUT2D eigenvalue weighted by atomic mass is 32.2. The van der Waals surface area contributed by atoms with Crippen LogP contribution in [-0.2, 0) is 14.3 Å². The first-order valence-corrected chi connectivity index (χ1v) is 10.3. The molecule has 10 heteroatoms. The van der Waals surface area contributed by atoms with Gasteiger partial charge in [-0.3, -0.25) is 19.3 Å². The molecule has 2 N–H and O–H groups in total. The number of hydrogen-bond acceptors (Lipinski definition) is 9. The molecule has 0 aromatic carbocycles. The SMILES string of the molecule is COC(=O)C1=c2/c(=C/c3cccnc3)c(N)c(C(=O)OC)n2C(=O)[C@@H](c2cccnc2)S1. The van der Waals surface area contributed by atoms with Gasteiger partial charge in [-0.25, -0.2) is 9.59 Å². The van der Waals surface area contributed by atoms with Gasteiger partial charge < -0.3 is 15.2 Å². The minimum atomic E-state index is -0.841. The number of rotatable bonds is 4. The zero-order valence-electron chi connectivity index (χ0n) is 17.1. The van der Waals surface area contributed by atoms with E-state index >= 15 is 0 Å². The minimum Gasteiger partial charge on any atom is -0.465 e. The molecule has 0 unspecified atom stereocenters. The molecule has 0 aliphatic carbocycles. The summed E-state index contributed by atoms with van der Waals surface area (Å²) in [5.74, 6) is -1.92. The van der Waals surface area contributed by atoms with E-state index in [4.69, 9.17) is 15.2 Å². The molecule has 4 rings (SSSR count). The molecule has 1 aliphatic heterocycles. The first-order valence-electron chi connectivity index (χ1n) is 9.41. The fourth-order valence-electron chi connectivity index (χ4n) is 3.44.